The smallest absolute Gasteiger partial charge is 0.363 e. The molecular weight excluding hydrogens is 423 g/mol. The molecule has 0 radical (unpaired) electrons. The van der Waals surface area contributed by atoms with E-state index < -0.39 is 32.4 Å². The Morgan fingerprint density at radius 3 is 2.20 bits per heavy atom. The monoisotopic (exact) mass is 441 g/mol. The predicted molar refractivity (Wildman–Crippen MR) is 106 cm³/mol. The number of rotatable bonds is 5. The van der Waals surface area contributed by atoms with Crippen molar-refractivity contribution in [2.45, 2.75) is 6.18 Å². The summed E-state index contributed by atoms with van der Waals surface area (Å²) in [6.07, 6.45) is -3.22. The Kier molecular flexibility index (Phi) is 6.13. The number of alkyl halides is 3. The summed E-state index contributed by atoms with van der Waals surface area (Å²) >= 11 is 0. The number of nitrogens with zero attached hydrogens (tertiary/aromatic N) is 3. The second-order valence-electron chi connectivity index (χ2n) is 6.60. The van der Waals surface area contributed by atoms with E-state index in [9.17, 15) is 31.7 Å². The Hall–Kier alpha value is -2.92. The summed E-state index contributed by atoms with van der Waals surface area (Å²) < 4.78 is 64.9. The first kappa shape index (κ1) is 21.8. The van der Waals surface area contributed by atoms with E-state index >= 15 is 0 Å². The topological polar surface area (TPSA) is 83.8 Å². The van der Waals surface area contributed by atoms with Crippen LogP contribution in [0.3, 0.4) is 0 Å². The van der Waals surface area contributed by atoms with Crippen molar-refractivity contribution in [1.29, 1.82) is 0 Å². The van der Waals surface area contributed by atoms with Crippen LogP contribution >= 0.6 is 0 Å². The van der Waals surface area contributed by atoms with Gasteiger partial charge in [-0.1, -0.05) is 30.3 Å². The minimum Gasteiger partial charge on any atom is -0.363 e. The van der Waals surface area contributed by atoms with Crippen molar-refractivity contribution in [1.82, 2.24) is 4.31 Å². The molecule has 0 atom stereocenters. The number of piperazine rings is 1. The molecule has 1 aliphatic heterocycles. The van der Waals surface area contributed by atoms with Gasteiger partial charge in [0.05, 0.1) is 10.5 Å². The molecule has 1 fully saturated rings. The number of benzene rings is 2. The van der Waals surface area contributed by atoms with Crippen molar-refractivity contribution >= 4 is 27.5 Å². The first-order valence-electron chi connectivity index (χ1n) is 8.92. The third kappa shape index (κ3) is 4.97. The highest BCUT2D eigenvalue weighted by Crippen LogP contribution is 2.36. The molecule has 11 heteroatoms. The first-order valence-corrected chi connectivity index (χ1v) is 10.4. The molecule has 7 nitrogen and oxygen atoms in total. The lowest BCUT2D eigenvalue weighted by atomic mass is 10.1. The normalized spacial score (nSPS) is 16.2. The van der Waals surface area contributed by atoms with E-state index in [1.807, 2.05) is 6.07 Å². The van der Waals surface area contributed by atoms with Crippen molar-refractivity contribution in [2.24, 2.45) is 0 Å². The lowest BCUT2D eigenvalue weighted by Crippen LogP contribution is -2.48. The van der Waals surface area contributed by atoms with E-state index in [1.165, 1.54) is 15.3 Å². The number of anilines is 1. The molecule has 1 aliphatic rings. The molecule has 0 aromatic heterocycles. The average Bonchev–Trinajstić information content (AvgIpc) is 2.72. The second kappa shape index (κ2) is 8.44. The van der Waals surface area contributed by atoms with E-state index in [0.29, 0.717) is 6.07 Å². The number of nitro benzene ring substituents is 1. The Balaban J connectivity index is 1.74. The summed E-state index contributed by atoms with van der Waals surface area (Å²) in [4.78, 5) is 11.9. The molecule has 0 saturated carbocycles. The fraction of sp³-hybridized carbons (Fsp3) is 0.263. The summed E-state index contributed by atoms with van der Waals surface area (Å²) in [7, 11) is -3.70. The molecule has 1 saturated heterocycles. The lowest BCUT2D eigenvalue weighted by molar-refractivity contribution is -0.384. The van der Waals surface area contributed by atoms with E-state index in [4.69, 9.17) is 0 Å². The maximum absolute atomic E-state index is 12.9. The largest absolute Gasteiger partial charge is 0.416 e. The molecule has 30 heavy (non-hydrogen) atoms. The van der Waals surface area contributed by atoms with Crippen molar-refractivity contribution < 1.29 is 26.5 Å². The quantitative estimate of drug-likeness (QED) is 0.522. The molecule has 2 aromatic carbocycles. The van der Waals surface area contributed by atoms with Gasteiger partial charge in [0.25, 0.3) is 5.69 Å². The van der Waals surface area contributed by atoms with E-state index in [2.05, 4.69) is 0 Å². The molecule has 0 spiro atoms. The summed E-state index contributed by atoms with van der Waals surface area (Å²) in [6.45, 7) is 0.342. The highest BCUT2D eigenvalue weighted by Gasteiger charge is 2.34. The predicted octanol–water partition coefficient (Wildman–Crippen LogP) is 3.74. The zero-order valence-corrected chi connectivity index (χ0v) is 16.4. The number of sulfonamides is 1. The fourth-order valence-corrected chi connectivity index (χ4v) is 4.29. The zero-order chi connectivity index (χ0) is 21.9. The summed E-state index contributed by atoms with van der Waals surface area (Å²) in [5.41, 5.74) is -1.01. The van der Waals surface area contributed by atoms with Gasteiger partial charge in [-0.05, 0) is 23.8 Å². The molecule has 0 N–H and O–H groups in total. The van der Waals surface area contributed by atoms with Crippen LogP contribution in [0.25, 0.3) is 6.08 Å². The minimum atomic E-state index is -4.69. The molecule has 160 valence electrons. The second-order valence-corrected chi connectivity index (χ2v) is 8.42. The number of hydrogen-bond donors (Lipinski definition) is 0. The van der Waals surface area contributed by atoms with Crippen molar-refractivity contribution in [3.05, 3.63) is 75.2 Å². The van der Waals surface area contributed by atoms with Crippen LogP contribution in [0, 0.1) is 10.1 Å². The van der Waals surface area contributed by atoms with Gasteiger partial charge in [-0.3, -0.25) is 10.1 Å². The van der Waals surface area contributed by atoms with Crippen molar-refractivity contribution in [3.8, 4) is 0 Å². The molecule has 0 bridgehead atoms. The molecule has 0 amide bonds. The van der Waals surface area contributed by atoms with Gasteiger partial charge in [0, 0.05) is 37.7 Å². The Labute approximate surface area is 171 Å². The van der Waals surface area contributed by atoms with Crippen LogP contribution in [0.2, 0.25) is 0 Å². The van der Waals surface area contributed by atoms with Gasteiger partial charge in [0.2, 0.25) is 10.0 Å². The third-order valence-electron chi connectivity index (χ3n) is 4.67. The maximum Gasteiger partial charge on any atom is 0.416 e. The van der Waals surface area contributed by atoms with Crippen molar-refractivity contribution in [3.63, 3.8) is 0 Å². The molecule has 0 unspecified atom stereocenters. The van der Waals surface area contributed by atoms with Crippen molar-refractivity contribution in [2.75, 3.05) is 31.1 Å². The number of hydrogen-bond acceptors (Lipinski definition) is 5. The summed E-state index contributed by atoms with van der Waals surface area (Å²) in [6, 6.07) is 11.2. The van der Waals surface area contributed by atoms with Crippen LogP contribution in [-0.4, -0.2) is 43.8 Å². The standard InChI is InChI=1S/C19H18F3N3O4S/c20-19(21,22)16-6-7-17(18(14-16)25(26)27)23-9-11-24(12-10-23)30(28,29)13-8-15-4-2-1-3-5-15/h1-8,13-14H,9-12H2. The molecule has 0 aliphatic carbocycles. The minimum absolute atomic E-state index is 0.0323. The Morgan fingerprint density at radius 2 is 1.63 bits per heavy atom. The molecule has 2 aromatic rings. The summed E-state index contributed by atoms with van der Waals surface area (Å²) in [5, 5.41) is 12.4. The number of nitro groups is 1. The van der Waals surface area contributed by atoms with Gasteiger partial charge >= 0.3 is 6.18 Å². The molecule has 1 heterocycles. The van der Waals surface area contributed by atoms with Gasteiger partial charge in [-0.2, -0.15) is 17.5 Å². The average molecular weight is 441 g/mol. The van der Waals surface area contributed by atoms with E-state index in [1.54, 1.807) is 24.3 Å². The molecule has 3 rings (SSSR count). The summed E-state index contributed by atoms with van der Waals surface area (Å²) in [5.74, 6) is 0. The van der Waals surface area contributed by atoms with E-state index in [0.717, 1.165) is 23.1 Å². The van der Waals surface area contributed by atoms with E-state index in [-0.39, 0.29) is 31.9 Å². The van der Waals surface area contributed by atoms with Gasteiger partial charge in [0.1, 0.15) is 5.69 Å². The van der Waals surface area contributed by atoms with Gasteiger partial charge in [-0.15, -0.1) is 0 Å². The fourth-order valence-electron chi connectivity index (χ4n) is 3.11. The highest BCUT2D eigenvalue weighted by atomic mass is 32.2. The number of halogens is 3. The Bertz CT molecular complexity index is 1050. The van der Waals surface area contributed by atoms with Crippen LogP contribution in [0.1, 0.15) is 11.1 Å². The third-order valence-corrected chi connectivity index (χ3v) is 6.24. The van der Waals surface area contributed by atoms with Crippen LogP contribution in [0.15, 0.2) is 53.9 Å². The Morgan fingerprint density at radius 1 is 1.00 bits per heavy atom. The van der Waals surface area contributed by atoms with Crippen LogP contribution in [0.5, 0.6) is 0 Å². The zero-order valence-electron chi connectivity index (χ0n) is 15.6. The maximum atomic E-state index is 12.9. The lowest BCUT2D eigenvalue weighted by Gasteiger charge is -2.34. The first-order chi connectivity index (χ1) is 14.1. The molecular formula is C19H18F3N3O4S. The van der Waals surface area contributed by atoms with Gasteiger partial charge in [-0.25, -0.2) is 8.42 Å². The van der Waals surface area contributed by atoms with Gasteiger partial charge < -0.3 is 4.90 Å². The van der Waals surface area contributed by atoms with Crippen LogP contribution < -0.4 is 4.90 Å². The highest BCUT2D eigenvalue weighted by molar-refractivity contribution is 7.92. The van der Waals surface area contributed by atoms with Gasteiger partial charge in [0.15, 0.2) is 0 Å². The van der Waals surface area contributed by atoms with Crippen LogP contribution in [-0.2, 0) is 16.2 Å². The van der Waals surface area contributed by atoms with Crippen LogP contribution in [0.4, 0.5) is 24.5 Å². The SMILES string of the molecule is O=[N+]([O-])c1cc(C(F)(F)F)ccc1N1CCN(S(=O)(=O)C=Cc2ccccc2)CC1.